The number of nitrogens with zero attached hydrogens (tertiary/aromatic N) is 1. The van der Waals surface area contributed by atoms with Gasteiger partial charge in [-0.1, -0.05) is 48.5 Å². The summed E-state index contributed by atoms with van der Waals surface area (Å²) in [6, 6.07) is 17.9. The number of alkyl halides is 3. The summed E-state index contributed by atoms with van der Waals surface area (Å²) in [7, 11) is 0. The Balaban J connectivity index is 2.01. The van der Waals surface area contributed by atoms with Crippen molar-refractivity contribution >= 4 is 0 Å². The van der Waals surface area contributed by atoms with Crippen molar-refractivity contribution in [2.45, 2.75) is 39.2 Å². The second-order valence-corrected chi connectivity index (χ2v) is 7.56. The van der Waals surface area contributed by atoms with Gasteiger partial charge >= 0.3 is 6.18 Å². The van der Waals surface area contributed by atoms with Gasteiger partial charge < -0.3 is 9.47 Å². The monoisotopic (exact) mass is 401 g/mol. The molecule has 0 radical (unpaired) electrons. The SMILES string of the molecule is CC(C)(C)Oc1cc(OCc2ccccc2)cc(-c2ccccc2C(F)(F)F)n1. The summed E-state index contributed by atoms with van der Waals surface area (Å²) in [5.74, 6) is 0.588. The minimum atomic E-state index is -4.50. The van der Waals surface area contributed by atoms with E-state index in [1.165, 1.54) is 18.2 Å². The van der Waals surface area contributed by atoms with Crippen molar-refractivity contribution in [3.63, 3.8) is 0 Å². The molecule has 2 aromatic carbocycles. The number of halogens is 3. The van der Waals surface area contributed by atoms with Crippen molar-refractivity contribution in [3.05, 3.63) is 77.9 Å². The molecule has 152 valence electrons. The molecule has 0 unspecified atom stereocenters. The highest BCUT2D eigenvalue weighted by molar-refractivity contribution is 5.66. The maximum atomic E-state index is 13.5. The Bertz CT molecular complexity index is 964. The largest absolute Gasteiger partial charge is 0.489 e. The lowest BCUT2D eigenvalue weighted by atomic mass is 10.0. The number of rotatable bonds is 5. The number of ether oxygens (including phenoxy) is 2. The Morgan fingerprint density at radius 3 is 2.17 bits per heavy atom. The second kappa shape index (κ2) is 8.15. The van der Waals surface area contributed by atoms with Crippen LogP contribution < -0.4 is 9.47 Å². The lowest BCUT2D eigenvalue weighted by molar-refractivity contribution is -0.137. The van der Waals surface area contributed by atoms with Gasteiger partial charge in [-0.25, -0.2) is 4.98 Å². The predicted octanol–water partition coefficient (Wildman–Crippen LogP) is 6.52. The van der Waals surface area contributed by atoms with Gasteiger partial charge in [-0.2, -0.15) is 13.2 Å². The molecule has 0 bridgehead atoms. The summed E-state index contributed by atoms with van der Waals surface area (Å²) in [5, 5.41) is 0. The first-order valence-corrected chi connectivity index (χ1v) is 9.16. The third-order valence-corrected chi connectivity index (χ3v) is 3.94. The van der Waals surface area contributed by atoms with Crippen molar-refractivity contribution in [1.29, 1.82) is 0 Å². The van der Waals surface area contributed by atoms with Crippen LogP contribution in [0.25, 0.3) is 11.3 Å². The highest BCUT2D eigenvalue weighted by Crippen LogP contribution is 2.38. The first kappa shape index (κ1) is 20.7. The summed E-state index contributed by atoms with van der Waals surface area (Å²) in [4.78, 5) is 4.32. The molecule has 0 aliphatic rings. The van der Waals surface area contributed by atoms with Crippen LogP contribution >= 0.6 is 0 Å². The number of hydrogen-bond acceptors (Lipinski definition) is 3. The molecule has 0 aliphatic carbocycles. The average Bonchev–Trinajstić information content (AvgIpc) is 2.65. The minimum Gasteiger partial charge on any atom is -0.489 e. The van der Waals surface area contributed by atoms with Crippen LogP contribution in [0, 0.1) is 0 Å². The van der Waals surface area contributed by atoms with Gasteiger partial charge in [0, 0.05) is 17.7 Å². The Morgan fingerprint density at radius 2 is 1.52 bits per heavy atom. The fourth-order valence-electron chi connectivity index (χ4n) is 2.76. The molecule has 3 aromatic rings. The third-order valence-electron chi connectivity index (χ3n) is 3.94. The molecular weight excluding hydrogens is 379 g/mol. The molecule has 1 heterocycles. The van der Waals surface area contributed by atoms with Crippen LogP contribution in [-0.2, 0) is 12.8 Å². The maximum absolute atomic E-state index is 13.5. The Kier molecular flexibility index (Phi) is 5.82. The molecule has 3 rings (SSSR count). The van der Waals surface area contributed by atoms with Crippen molar-refractivity contribution in [1.82, 2.24) is 4.98 Å². The van der Waals surface area contributed by atoms with E-state index in [-0.39, 0.29) is 23.7 Å². The molecule has 6 heteroatoms. The van der Waals surface area contributed by atoms with Crippen molar-refractivity contribution in [2.75, 3.05) is 0 Å². The topological polar surface area (TPSA) is 31.4 Å². The van der Waals surface area contributed by atoms with Crippen LogP contribution in [-0.4, -0.2) is 10.6 Å². The number of pyridine rings is 1. The van der Waals surface area contributed by atoms with Crippen LogP contribution in [0.1, 0.15) is 31.9 Å². The molecule has 29 heavy (non-hydrogen) atoms. The first-order chi connectivity index (χ1) is 13.6. The predicted molar refractivity (Wildman–Crippen MR) is 106 cm³/mol. The first-order valence-electron chi connectivity index (χ1n) is 9.16. The molecule has 0 saturated heterocycles. The fourth-order valence-corrected chi connectivity index (χ4v) is 2.76. The van der Waals surface area contributed by atoms with Crippen molar-refractivity contribution in [3.8, 4) is 22.9 Å². The van der Waals surface area contributed by atoms with Crippen LogP contribution in [0.4, 0.5) is 13.2 Å². The average molecular weight is 401 g/mol. The van der Waals surface area contributed by atoms with Gasteiger partial charge in [-0.05, 0) is 32.4 Å². The highest BCUT2D eigenvalue weighted by atomic mass is 19.4. The van der Waals surface area contributed by atoms with Gasteiger partial charge in [-0.15, -0.1) is 0 Å². The van der Waals surface area contributed by atoms with E-state index in [1.54, 1.807) is 12.1 Å². The summed E-state index contributed by atoms with van der Waals surface area (Å²) in [6.07, 6.45) is -4.50. The third kappa shape index (κ3) is 5.73. The van der Waals surface area contributed by atoms with E-state index in [1.807, 2.05) is 51.1 Å². The van der Waals surface area contributed by atoms with E-state index >= 15 is 0 Å². The molecule has 3 nitrogen and oxygen atoms in total. The van der Waals surface area contributed by atoms with Gasteiger partial charge in [0.05, 0.1) is 11.3 Å². The summed E-state index contributed by atoms with van der Waals surface area (Å²) in [6.45, 7) is 5.81. The zero-order chi connectivity index (χ0) is 21.1. The molecule has 0 atom stereocenters. The number of aromatic nitrogens is 1. The quantitative estimate of drug-likeness (QED) is 0.487. The van der Waals surface area contributed by atoms with E-state index < -0.39 is 17.3 Å². The molecule has 0 N–H and O–H groups in total. The molecule has 0 saturated carbocycles. The standard InChI is InChI=1S/C23H22F3NO2/c1-22(2,3)29-21-14-17(28-15-16-9-5-4-6-10-16)13-20(27-21)18-11-7-8-12-19(18)23(24,25)26/h4-14H,15H2,1-3H3. The minimum absolute atomic E-state index is 0.0241. The Labute approximate surface area is 168 Å². The van der Waals surface area contributed by atoms with Crippen molar-refractivity contribution in [2.24, 2.45) is 0 Å². The smallest absolute Gasteiger partial charge is 0.417 e. The van der Waals surface area contributed by atoms with Crippen LogP contribution in [0.15, 0.2) is 66.7 Å². The lowest BCUT2D eigenvalue weighted by Crippen LogP contribution is -2.23. The van der Waals surface area contributed by atoms with Crippen LogP contribution in [0.5, 0.6) is 11.6 Å². The van der Waals surface area contributed by atoms with Gasteiger partial charge in [0.2, 0.25) is 5.88 Å². The Hall–Kier alpha value is -3.02. The van der Waals surface area contributed by atoms with Crippen LogP contribution in [0.2, 0.25) is 0 Å². The molecule has 0 fully saturated rings. The fraction of sp³-hybridized carbons (Fsp3) is 0.261. The van der Waals surface area contributed by atoms with E-state index in [2.05, 4.69) is 4.98 Å². The maximum Gasteiger partial charge on any atom is 0.417 e. The summed E-state index contributed by atoms with van der Waals surface area (Å²) in [5.41, 5.74) is -0.257. The summed E-state index contributed by atoms with van der Waals surface area (Å²) >= 11 is 0. The van der Waals surface area contributed by atoms with Gasteiger partial charge in [0.1, 0.15) is 18.0 Å². The lowest BCUT2D eigenvalue weighted by Gasteiger charge is -2.22. The van der Waals surface area contributed by atoms with Crippen molar-refractivity contribution < 1.29 is 22.6 Å². The van der Waals surface area contributed by atoms with Gasteiger partial charge in [-0.3, -0.25) is 0 Å². The normalized spacial score (nSPS) is 11.9. The van der Waals surface area contributed by atoms with E-state index in [0.717, 1.165) is 11.6 Å². The zero-order valence-electron chi connectivity index (χ0n) is 16.5. The molecule has 0 spiro atoms. The summed E-state index contributed by atoms with van der Waals surface area (Å²) < 4.78 is 52.1. The molecule has 0 aliphatic heterocycles. The zero-order valence-corrected chi connectivity index (χ0v) is 16.5. The van der Waals surface area contributed by atoms with Crippen LogP contribution in [0.3, 0.4) is 0 Å². The van der Waals surface area contributed by atoms with E-state index in [9.17, 15) is 13.2 Å². The van der Waals surface area contributed by atoms with Gasteiger partial charge in [0.15, 0.2) is 0 Å². The second-order valence-electron chi connectivity index (χ2n) is 7.56. The molecular formula is C23H22F3NO2. The number of benzene rings is 2. The molecule has 0 amide bonds. The van der Waals surface area contributed by atoms with Gasteiger partial charge in [0.25, 0.3) is 0 Å². The Morgan fingerprint density at radius 1 is 0.862 bits per heavy atom. The highest BCUT2D eigenvalue weighted by Gasteiger charge is 2.34. The van der Waals surface area contributed by atoms with E-state index in [4.69, 9.17) is 9.47 Å². The number of hydrogen-bond donors (Lipinski definition) is 0. The van der Waals surface area contributed by atoms with E-state index in [0.29, 0.717) is 5.75 Å². The molecule has 1 aromatic heterocycles.